The lowest BCUT2D eigenvalue weighted by molar-refractivity contribution is 0.102. The lowest BCUT2D eigenvalue weighted by Crippen LogP contribution is -2.05. The predicted octanol–water partition coefficient (Wildman–Crippen LogP) is 5.59. The molecule has 0 atom stereocenters. The molecule has 174 valence electrons. The van der Waals surface area contributed by atoms with Gasteiger partial charge < -0.3 is 14.2 Å². The summed E-state index contributed by atoms with van der Waals surface area (Å²) >= 11 is 7.48. The highest BCUT2D eigenvalue weighted by molar-refractivity contribution is 7.99. The second-order valence-corrected chi connectivity index (χ2v) is 8.45. The Labute approximate surface area is 206 Å². The van der Waals surface area contributed by atoms with Gasteiger partial charge in [0.2, 0.25) is 0 Å². The van der Waals surface area contributed by atoms with Crippen molar-refractivity contribution in [3.8, 4) is 34.3 Å². The van der Waals surface area contributed by atoms with E-state index in [1.807, 2.05) is 53.1 Å². The number of methoxy groups -OCH3 is 3. The summed E-state index contributed by atoms with van der Waals surface area (Å²) in [5.41, 5.74) is 2.11. The molecular formula is C25H22ClN3O4S. The number of thioether (sulfide) groups is 1. The summed E-state index contributed by atoms with van der Waals surface area (Å²) in [6.07, 6.45) is 0. The van der Waals surface area contributed by atoms with E-state index in [4.69, 9.17) is 25.8 Å². The third kappa shape index (κ3) is 4.88. The number of Topliss-reactive ketones (excluding diaryl/α,β-unsaturated/α-hetero) is 1. The Hall–Kier alpha value is -3.49. The van der Waals surface area contributed by atoms with Crippen LogP contribution in [0.15, 0.2) is 71.9 Å². The van der Waals surface area contributed by atoms with Crippen molar-refractivity contribution >= 4 is 29.1 Å². The van der Waals surface area contributed by atoms with Gasteiger partial charge in [0.1, 0.15) is 17.2 Å². The molecule has 34 heavy (non-hydrogen) atoms. The number of carbonyl (C=O) groups is 1. The van der Waals surface area contributed by atoms with Gasteiger partial charge in [0, 0.05) is 5.56 Å². The van der Waals surface area contributed by atoms with Crippen molar-refractivity contribution in [2.75, 3.05) is 27.1 Å². The maximum absolute atomic E-state index is 12.9. The first-order chi connectivity index (χ1) is 16.5. The van der Waals surface area contributed by atoms with Crippen LogP contribution in [0.2, 0.25) is 5.02 Å². The molecule has 0 aliphatic heterocycles. The van der Waals surface area contributed by atoms with E-state index < -0.39 is 0 Å². The number of para-hydroxylation sites is 1. The van der Waals surface area contributed by atoms with Crippen LogP contribution in [-0.4, -0.2) is 47.6 Å². The number of carbonyl (C=O) groups excluding carboxylic acids is 1. The first-order valence-corrected chi connectivity index (χ1v) is 11.6. The highest BCUT2D eigenvalue weighted by atomic mass is 35.5. The van der Waals surface area contributed by atoms with Gasteiger partial charge >= 0.3 is 0 Å². The molecular weight excluding hydrogens is 474 g/mol. The molecule has 0 saturated heterocycles. The average molecular weight is 496 g/mol. The second kappa shape index (κ2) is 10.6. The summed E-state index contributed by atoms with van der Waals surface area (Å²) in [7, 11) is 4.76. The molecule has 4 rings (SSSR count). The largest absolute Gasteiger partial charge is 0.497 e. The van der Waals surface area contributed by atoms with Gasteiger partial charge in [-0.2, -0.15) is 0 Å². The molecule has 0 aliphatic rings. The van der Waals surface area contributed by atoms with E-state index in [1.54, 1.807) is 32.4 Å². The molecule has 9 heteroatoms. The lowest BCUT2D eigenvalue weighted by atomic mass is 10.1. The highest BCUT2D eigenvalue weighted by Crippen LogP contribution is 2.34. The molecule has 0 N–H and O–H groups in total. The van der Waals surface area contributed by atoms with Crippen LogP contribution < -0.4 is 14.2 Å². The Bertz CT molecular complexity index is 1310. The zero-order valence-corrected chi connectivity index (χ0v) is 20.4. The van der Waals surface area contributed by atoms with Gasteiger partial charge in [0.05, 0.1) is 43.4 Å². The SMILES string of the molecule is COc1ccc(-n2c(SCC(=O)c3ccc(OC)c(Cl)c3)nnc2-c2ccccc2OC)cc1. The summed E-state index contributed by atoms with van der Waals surface area (Å²) < 4.78 is 17.9. The van der Waals surface area contributed by atoms with Gasteiger partial charge in [0.15, 0.2) is 16.8 Å². The van der Waals surface area contributed by atoms with Gasteiger partial charge in [0.25, 0.3) is 0 Å². The maximum Gasteiger partial charge on any atom is 0.196 e. The number of rotatable bonds is 9. The number of hydrogen-bond acceptors (Lipinski definition) is 7. The fraction of sp³-hybridized carbons (Fsp3) is 0.160. The Morgan fingerprint density at radius 1 is 0.912 bits per heavy atom. The van der Waals surface area contributed by atoms with E-state index in [0.29, 0.717) is 33.1 Å². The number of hydrogen-bond donors (Lipinski definition) is 0. The molecule has 0 aliphatic carbocycles. The first kappa shape index (κ1) is 23.7. The second-order valence-electron chi connectivity index (χ2n) is 7.10. The average Bonchev–Trinajstić information content (AvgIpc) is 3.30. The van der Waals surface area contributed by atoms with E-state index in [0.717, 1.165) is 17.0 Å². The maximum atomic E-state index is 12.9. The highest BCUT2D eigenvalue weighted by Gasteiger charge is 2.20. The van der Waals surface area contributed by atoms with Crippen LogP contribution in [0, 0.1) is 0 Å². The minimum atomic E-state index is -0.0855. The van der Waals surface area contributed by atoms with Crippen molar-refractivity contribution < 1.29 is 19.0 Å². The zero-order chi connectivity index (χ0) is 24.1. The van der Waals surface area contributed by atoms with Crippen molar-refractivity contribution in [2.24, 2.45) is 0 Å². The Kier molecular flexibility index (Phi) is 7.40. The van der Waals surface area contributed by atoms with Crippen molar-refractivity contribution in [1.29, 1.82) is 0 Å². The number of nitrogens with zero attached hydrogens (tertiary/aromatic N) is 3. The summed E-state index contributed by atoms with van der Waals surface area (Å²) in [6, 6.07) is 20.1. The summed E-state index contributed by atoms with van der Waals surface area (Å²) in [4.78, 5) is 12.9. The fourth-order valence-corrected chi connectivity index (χ4v) is 4.49. The first-order valence-electron chi connectivity index (χ1n) is 10.3. The predicted molar refractivity (Wildman–Crippen MR) is 133 cm³/mol. The minimum absolute atomic E-state index is 0.0855. The molecule has 0 amide bonds. The lowest BCUT2D eigenvalue weighted by Gasteiger charge is -2.13. The standard InChI is InChI=1S/C25H22ClN3O4S/c1-31-18-11-9-17(10-12-18)29-24(19-6-4-5-7-22(19)32-2)27-28-25(29)34-15-21(30)16-8-13-23(33-3)20(26)14-16/h4-14H,15H2,1-3H3. The van der Waals surface area contributed by atoms with Crippen molar-refractivity contribution in [3.05, 3.63) is 77.3 Å². The van der Waals surface area contributed by atoms with Crippen LogP contribution in [-0.2, 0) is 0 Å². The third-order valence-corrected chi connectivity index (χ3v) is 6.34. The number of ketones is 1. The van der Waals surface area contributed by atoms with Crippen molar-refractivity contribution in [2.45, 2.75) is 5.16 Å². The molecule has 7 nitrogen and oxygen atoms in total. The molecule has 0 radical (unpaired) electrons. The van der Waals surface area contributed by atoms with Gasteiger partial charge in [-0.25, -0.2) is 0 Å². The summed E-state index contributed by atoms with van der Waals surface area (Å²) in [5.74, 6) is 2.60. The quantitative estimate of drug-likeness (QED) is 0.221. The monoisotopic (exact) mass is 495 g/mol. The number of halogens is 1. The van der Waals surface area contributed by atoms with Crippen LogP contribution >= 0.6 is 23.4 Å². The van der Waals surface area contributed by atoms with Gasteiger partial charge in [-0.05, 0) is 54.6 Å². The number of ether oxygens (including phenoxy) is 3. The Morgan fingerprint density at radius 3 is 2.32 bits per heavy atom. The molecule has 4 aromatic rings. The van der Waals surface area contributed by atoms with Crippen LogP contribution in [0.4, 0.5) is 0 Å². The van der Waals surface area contributed by atoms with E-state index in [9.17, 15) is 4.79 Å². The topological polar surface area (TPSA) is 75.5 Å². The molecule has 0 unspecified atom stereocenters. The van der Waals surface area contributed by atoms with Crippen LogP contribution in [0.3, 0.4) is 0 Å². The molecule has 0 saturated carbocycles. The Balaban J connectivity index is 1.69. The number of benzene rings is 3. The molecule has 1 heterocycles. The number of aromatic nitrogens is 3. The molecule has 3 aromatic carbocycles. The van der Waals surface area contributed by atoms with E-state index >= 15 is 0 Å². The molecule has 0 bridgehead atoms. The molecule has 1 aromatic heterocycles. The Morgan fingerprint density at radius 2 is 1.65 bits per heavy atom. The zero-order valence-electron chi connectivity index (χ0n) is 18.8. The summed E-state index contributed by atoms with van der Waals surface area (Å²) in [5, 5.41) is 9.78. The van der Waals surface area contributed by atoms with Gasteiger partial charge in [-0.1, -0.05) is 35.5 Å². The smallest absolute Gasteiger partial charge is 0.196 e. The molecule has 0 spiro atoms. The van der Waals surface area contributed by atoms with Gasteiger partial charge in [-0.15, -0.1) is 10.2 Å². The van der Waals surface area contributed by atoms with Crippen molar-refractivity contribution in [3.63, 3.8) is 0 Å². The fourth-order valence-electron chi connectivity index (χ4n) is 3.38. The minimum Gasteiger partial charge on any atom is -0.497 e. The van der Waals surface area contributed by atoms with Crippen molar-refractivity contribution in [1.82, 2.24) is 14.8 Å². The third-order valence-electron chi connectivity index (χ3n) is 5.12. The van der Waals surface area contributed by atoms with Crippen LogP contribution in [0.1, 0.15) is 10.4 Å². The van der Waals surface area contributed by atoms with Gasteiger partial charge in [-0.3, -0.25) is 9.36 Å². The van der Waals surface area contributed by atoms with Crippen LogP contribution in [0.5, 0.6) is 17.2 Å². The summed E-state index contributed by atoms with van der Waals surface area (Å²) in [6.45, 7) is 0. The van der Waals surface area contributed by atoms with E-state index in [-0.39, 0.29) is 11.5 Å². The normalized spacial score (nSPS) is 10.7. The molecule has 0 fully saturated rings. The van der Waals surface area contributed by atoms with E-state index in [2.05, 4.69) is 10.2 Å². The van der Waals surface area contributed by atoms with Crippen LogP contribution in [0.25, 0.3) is 17.1 Å². The van der Waals surface area contributed by atoms with E-state index in [1.165, 1.54) is 18.9 Å².